The van der Waals surface area contributed by atoms with Gasteiger partial charge in [0.1, 0.15) is 5.15 Å². The normalized spacial score (nSPS) is 15.6. The predicted octanol–water partition coefficient (Wildman–Crippen LogP) is 4.97. The lowest BCUT2D eigenvalue weighted by Crippen LogP contribution is -2.38. The van der Waals surface area contributed by atoms with Crippen LogP contribution in [0.1, 0.15) is 63.9 Å². The van der Waals surface area contributed by atoms with E-state index < -0.39 is 0 Å². The fourth-order valence-corrected chi connectivity index (χ4v) is 3.40. The van der Waals surface area contributed by atoms with Gasteiger partial charge in [0.05, 0.1) is 6.10 Å². The number of hydrogen-bond donors (Lipinski definition) is 2. The average Bonchev–Trinajstić information content (AvgIpc) is 2.95. The SMILES string of the molecule is CCNC(=NCCCCOC1CCCCCC1)NCCc1ccc(Cl)nc1.I. The molecule has 0 spiro atoms. The van der Waals surface area contributed by atoms with Crippen molar-refractivity contribution in [3.63, 3.8) is 0 Å². The van der Waals surface area contributed by atoms with Crippen molar-refractivity contribution in [2.45, 2.75) is 70.8 Å². The van der Waals surface area contributed by atoms with Gasteiger partial charge in [0, 0.05) is 32.4 Å². The first-order chi connectivity index (χ1) is 13.3. The van der Waals surface area contributed by atoms with Gasteiger partial charge in [0.15, 0.2) is 5.96 Å². The highest BCUT2D eigenvalue weighted by Crippen LogP contribution is 2.19. The topological polar surface area (TPSA) is 58.5 Å². The summed E-state index contributed by atoms with van der Waals surface area (Å²) in [5.74, 6) is 0.879. The molecule has 1 aliphatic carbocycles. The minimum absolute atomic E-state index is 0. The molecule has 2 N–H and O–H groups in total. The summed E-state index contributed by atoms with van der Waals surface area (Å²) < 4.78 is 6.04. The summed E-state index contributed by atoms with van der Waals surface area (Å²) in [7, 11) is 0. The molecule has 0 aliphatic heterocycles. The maximum atomic E-state index is 6.04. The zero-order valence-electron chi connectivity index (χ0n) is 17.1. The van der Waals surface area contributed by atoms with E-state index in [-0.39, 0.29) is 24.0 Å². The van der Waals surface area contributed by atoms with E-state index in [2.05, 4.69) is 27.5 Å². The number of rotatable bonds is 10. The van der Waals surface area contributed by atoms with Gasteiger partial charge in [-0.15, -0.1) is 24.0 Å². The summed E-state index contributed by atoms with van der Waals surface area (Å²) in [4.78, 5) is 8.77. The Morgan fingerprint density at radius 1 is 1.18 bits per heavy atom. The third kappa shape index (κ3) is 11.4. The first-order valence-electron chi connectivity index (χ1n) is 10.5. The molecular weight excluding hydrogens is 487 g/mol. The standard InChI is InChI=1S/C21H35ClN4O.HI/c1-2-23-21(25-15-13-18-11-12-20(22)26-17-18)24-14-7-8-16-27-19-9-5-3-4-6-10-19;/h11-12,17,19H,2-10,13-16H2,1H3,(H2,23,24,25);1H. The minimum Gasteiger partial charge on any atom is -0.378 e. The van der Waals surface area contributed by atoms with Gasteiger partial charge in [0.25, 0.3) is 0 Å². The number of unbranched alkanes of at least 4 members (excludes halogenated alkanes) is 1. The molecule has 0 atom stereocenters. The van der Waals surface area contributed by atoms with Gasteiger partial charge in [-0.25, -0.2) is 4.98 Å². The number of pyridine rings is 1. The van der Waals surface area contributed by atoms with Gasteiger partial charge < -0.3 is 15.4 Å². The van der Waals surface area contributed by atoms with Crippen LogP contribution in [0.2, 0.25) is 5.15 Å². The number of aliphatic imine (C=N–C) groups is 1. The van der Waals surface area contributed by atoms with Crippen molar-refractivity contribution in [1.82, 2.24) is 15.6 Å². The Morgan fingerprint density at radius 2 is 1.96 bits per heavy atom. The zero-order valence-corrected chi connectivity index (χ0v) is 20.2. The van der Waals surface area contributed by atoms with Crippen LogP contribution in [0.3, 0.4) is 0 Å². The molecule has 0 unspecified atom stereocenters. The monoisotopic (exact) mass is 522 g/mol. The number of halogens is 2. The van der Waals surface area contributed by atoms with Gasteiger partial charge in [-0.2, -0.15) is 0 Å². The molecule has 0 bridgehead atoms. The van der Waals surface area contributed by atoms with Crippen molar-refractivity contribution in [3.05, 3.63) is 29.0 Å². The van der Waals surface area contributed by atoms with E-state index in [9.17, 15) is 0 Å². The van der Waals surface area contributed by atoms with Crippen molar-refractivity contribution >= 4 is 41.5 Å². The van der Waals surface area contributed by atoms with Crippen LogP contribution in [0.5, 0.6) is 0 Å². The molecule has 28 heavy (non-hydrogen) atoms. The second kappa shape index (κ2) is 16.2. The number of aromatic nitrogens is 1. The van der Waals surface area contributed by atoms with Gasteiger partial charge in [-0.3, -0.25) is 4.99 Å². The largest absolute Gasteiger partial charge is 0.378 e. The Hall–Kier alpha value is -0.600. The lowest BCUT2D eigenvalue weighted by atomic mass is 10.1. The van der Waals surface area contributed by atoms with E-state index in [4.69, 9.17) is 16.3 Å². The third-order valence-corrected chi connectivity index (χ3v) is 5.04. The molecule has 1 aliphatic rings. The Kier molecular flexibility index (Phi) is 14.7. The lowest BCUT2D eigenvalue weighted by Gasteiger charge is -2.15. The van der Waals surface area contributed by atoms with Gasteiger partial charge in [-0.1, -0.05) is 43.4 Å². The summed E-state index contributed by atoms with van der Waals surface area (Å²) in [6.45, 7) is 5.46. The molecule has 7 heteroatoms. The number of guanidine groups is 1. The van der Waals surface area contributed by atoms with Crippen molar-refractivity contribution in [2.75, 3.05) is 26.2 Å². The number of nitrogens with zero attached hydrogens (tertiary/aromatic N) is 2. The Bertz CT molecular complexity index is 534. The molecule has 1 heterocycles. The number of ether oxygens (including phenoxy) is 1. The van der Waals surface area contributed by atoms with Crippen LogP contribution in [0.4, 0.5) is 0 Å². The Morgan fingerprint density at radius 3 is 2.64 bits per heavy atom. The molecule has 2 rings (SSSR count). The molecule has 1 fully saturated rings. The van der Waals surface area contributed by atoms with E-state index in [1.165, 1.54) is 44.1 Å². The van der Waals surface area contributed by atoms with Crippen molar-refractivity contribution in [2.24, 2.45) is 4.99 Å². The van der Waals surface area contributed by atoms with E-state index >= 15 is 0 Å². The summed E-state index contributed by atoms with van der Waals surface area (Å²) in [6.07, 6.45) is 13.3. The predicted molar refractivity (Wildman–Crippen MR) is 129 cm³/mol. The summed E-state index contributed by atoms with van der Waals surface area (Å²) in [5, 5.41) is 7.21. The van der Waals surface area contributed by atoms with E-state index in [1.54, 1.807) is 0 Å². The zero-order chi connectivity index (χ0) is 19.2. The average molecular weight is 523 g/mol. The van der Waals surface area contributed by atoms with E-state index in [0.717, 1.165) is 51.5 Å². The first-order valence-corrected chi connectivity index (χ1v) is 10.9. The van der Waals surface area contributed by atoms with Crippen LogP contribution >= 0.6 is 35.6 Å². The molecular formula is C21H36ClIN4O. The molecule has 1 saturated carbocycles. The summed E-state index contributed by atoms with van der Waals surface area (Å²) in [5.41, 5.74) is 1.17. The van der Waals surface area contributed by atoms with Crippen LogP contribution in [0, 0.1) is 0 Å². The fraction of sp³-hybridized carbons (Fsp3) is 0.714. The Labute approximate surface area is 192 Å². The second-order valence-corrected chi connectivity index (χ2v) is 7.51. The maximum Gasteiger partial charge on any atom is 0.191 e. The van der Waals surface area contributed by atoms with Crippen LogP contribution in [0.15, 0.2) is 23.3 Å². The molecule has 0 saturated heterocycles. The second-order valence-electron chi connectivity index (χ2n) is 7.12. The first kappa shape index (κ1) is 25.4. The number of nitrogens with one attached hydrogen (secondary N) is 2. The van der Waals surface area contributed by atoms with Gasteiger partial charge >= 0.3 is 0 Å². The lowest BCUT2D eigenvalue weighted by molar-refractivity contribution is 0.0413. The van der Waals surface area contributed by atoms with Crippen molar-refractivity contribution in [1.29, 1.82) is 0 Å². The third-order valence-electron chi connectivity index (χ3n) is 4.82. The molecule has 0 radical (unpaired) electrons. The highest BCUT2D eigenvalue weighted by molar-refractivity contribution is 14.0. The molecule has 0 amide bonds. The minimum atomic E-state index is 0. The molecule has 5 nitrogen and oxygen atoms in total. The van der Waals surface area contributed by atoms with E-state index in [1.807, 2.05) is 18.3 Å². The quantitative estimate of drug-likeness (QED) is 0.114. The smallest absolute Gasteiger partial charge is 0.191 e. The van der Waals surface area contributed by atoms with Crippen LogP contribution in [-0.2, 0) is 11.2 Å². The van der Waals surface area contributed by atoms with Crippen molar-refractivity contribution < 1.29 is 4.74 Å². The maximum absolute atomic E-state index is 6.04. The summed E-state index contributed by atoms with van der Waals surface area (Å²) in [6, 6.07) is 3.84. The van der Waals surface area contributed by atoms with Crippen LogP contribution < -0.4 is 10.6 Å². The highest BCUT2D eigenvalue weighted by atomic mass is 127. The van der Waals surface area contributed by atoms with Gasteiger partial charge in [0.2, 0.25) is 0 Å². The summed E-state index contributed by atoms with van der Waals surface area (Å²) >= 11 is 5.82. The highest BCUT2D eigenvalue weighted by Gasteiger charge is 2.11. The Balaban J connectivity index is 0.00000392. The molecule has 1 aromatic heterocycles. The van der Waals surface area contributed by atoms with Gasteiger partial charge in [-0.05, 0) is 50.7 Å². The van der Waals surface area contributed by atoms with Crippen LogP contribution in [0.25, 0.3) is 0 Å². The molecule has 0 aromatic carbocycles. The molecule has 160 valence electrons. The van der Waals surface area contributed by atoms with Crippen molar-refractivity contribution in [3.8, 4) is 0 Å². The molecule has 1 aromatic rings. The number of hydrogen-bond acceptors (Lipinski definition) is 3. The van der Waals surface area contributed by atoms with E-state index in [0.29, 0.717) is 11.3 Å². The fourth-order valence-electron chi connectivity index (χ4n) is 3.28. The van der Waals surface area contributed by atoms with Crippen LogP contribution in [-0.4, -0.2) is 43.3 Å².